The lowest BCUT2D eigenvalue weighted by molar-refractivity contribution is -0.0607. The molecule has 2 rings (SSSR count). The number of guanidine groups is 1. The first-order chi connectivity index (χ1) is 8.71. The molecule has 0 aromatic rings. The van der Waals surface area contributed by atoms with Gasteiger partial charge in [-0.15, -0.1) is 0 Å². The topological polar surface area (TPSA) is 124 Å². The van der Waals surface area contributed by atoms with E-state index in [9.17, 15) is 15.3 Å². The lowest BCUT2D eigenvalue weighted by atomic mass is 10.1. The van der Waals surface area contributed by atoms with Crippen molar-refractivity contribution in [2.24, 2.45) is 15.7 Å². The fourth-order valence-corrected chi connectivity index (χ4v) is 1.62. The summed E-state index contributed by atoms with van der Waals surface area (Å²) in [6.07, 6.45) is -4.65. The Bertz CT molecular complexity index is 450. The molecule has 17 heavy (non-hydrogen) atoms. The normalized spacial score (nSPS) is 40.1. The minimum Gasteiger partial charge on any atom is -0.394 e. The van der Waals surface area contributed by atoms with Crippen molar-refractivity contribution in [2.75, 3.05) is 6.56 Å². The lowest BCUT2D eigenvalue weighted by Crippen LogP contribution is -2.44. The summed E-state index contributed by atoms with van der Waals surface area (Å²) in [6, 6.07) is 0. The van der Waals surface area contributed by atoms with Crippen LogP contribution in [0.3, 0.4) is 0 Å². The number of nitrogens with zero attached hydrogens (tertiary/aromatic N) is 3. The number of hydrogen-bond acceptors (Lipinski definition) is 8. The number of aliphatic hydroxyl groups is 3. The van der Waals surface area contributed by atoms with Gasteiger partial charge in [-0.05, 0) is 0 Å². The molecule has 0 radical (unpaired) electrons. The molecule has 94 valence electrons. The number of hydrogen-bond donors (Lipinski definition) is 4. The largest absolute Gasteiger partial charge is 0.394 e. The summed E-state index contributed by atoms with van der Waals surface area (Å²) in [5, 5.41) is 28.8. The first-order valence-corrected chi connectivity index (χ1v) is 4.81. The van der Waals surface area contributed by atoms with Gasteiger partial charge in [0, 0.05) is 0 Å². The maximum Gasteiger partial charge on any atom is 0.223 e. The van der Waals surface area contributed by atoms with Crippen molar-refractivity contribution in [1.29, 1.82) is 0 Å². The number of rotatable bonds is 2. The van der Waals surface area contributed by atoms with Crippen LogP contribution < -0.4 is 5.73 Å². The second-order valence-electron chi connectivity index (χ2n) is 3.60. The minimum atomic E-state index is -2.80. The zero-order valence-electron chi connectivity index (χ0n) is 10.8. The highest BCUT2D eigenvalue weighted by Crippen LogP contribution is 2.26. The van der Waals surface area contributed by atoms with Crippen LogP contribution in [0, 0.1) is 0 Å². The van der Waals surface area contributed by atoms with Crippen molar-refractivity contribution in [2.45, 2.75) is 24.5 Å². The van der Waals surface area contributed by atoms with Gasteiger partial charge in [-0.2, -0.15) is 4.99 Å². The molecule has 5 N–H and O–H groups in total. The Hall–Kier alpha value is -1.48. The predicted molar refractivity (Wildman–Crippen MR) is 58.9 cm³/mol. The SMILES string of the molecule is [2H]C([2H])(O)[C@H]1O[C@@H](N2C=NC(N)=NC2=C)[C@@H](O)C1O. The molecular formula is C9H14N4O4. The van der Waals surface area contributed by atoms with Gasteiger partial charge in [-0.3, -0.25) is 4.90 Å². The summed E-state index contributed by atoms with van der Waals surface area (Å²) in [4.78, 5) is 8.64. The monoisotopic (exact) mass is 244 g/mol. The zero-order chi connectivity index (χ0) is 14.4. The van der Waals surface area contributed by atoms with Crippen LogP contribution in [0.5, 0.6) is 0 Å². The van der Waals surface area contributed by atoms with E-state index in [1.165, 1.54) is 11.2 Å². The smallest absolute Gasteiger partial charge is 0.223 e. The number of aliphatic hydroxyl groups excluding tert-OH is 2. The maximum atomic E-state index is 9.85. The third-order valence-electron chi connectivity index (χ3n) is 2.50. The summed E-state index contributed by atoms with van der Waals surface area (Å²) in [5.74, 6) is 0.0891. The minimum absolute atomic E-state index is 0.0247. The molecule has 8 nitrogen and oxygen atoms in total. The van der Waals surface area contributed by atoms with E-state index in [0.717, 1.165) is 0 Å². The average molecular weight is 244 g/mol. The quantitative estimate of drug-likeness (QED) is 0.427. The molecule has 0 aromatic heterocycles. The molecule has 1 unspecified atom stereocenters. The summed E-state index contributed by atoms with van der Waals surface area (Å²) in [7, 11) is 0. The Labute approximate surface area is 100 Å². The van der Waals surface area contributed by atoms with Crippen LogP contribution in [0.15, 0.2) is 22.4 Å². The first-order valence-electron chi connectivity index (χ1n) is 5.81. The Kier molecular flexibility index (Phi) is 2.48. The number of ether oxygens (including phenoxy) is 1. The number of nitrogens with two attached hydrogens (primary N) is 1. The summed E-state index contributed by atoms with van der Waals surface area (Å²) in [5.41, 5.74) is 5.36. The van der Waals surface area contributed by atoms with Gasteiger partial charge in [-0.1, -0.05) is 6.58 Å². The molecule has 0 saturated carbocycles. The van der Waals surface area contributed by atoms with E-state index in [-0.39, 0.29) is 11.8 Å². The van der Waals surface area contributed by atoms with Crippen molar-refractivity contribution < 1.29 is 22.8 Å². The summed E-state index contributed by atoms with van der Waals surface area (Å²) in [6.45, 7) is 0.776. The highest BCUT2D eigenvalue weighted by atomic mass is 16.6. The van der Waals surface area contributed by atoms with E-state index in [0.29, 0.717) is 0 Å². The van der Waals surface area contributed by atoms with E-state index in [1.54, 1.807) is 0 Å². The van der Waals surface area contributed by atoms with Crippen molar-refractivity contribution in [3.63, 3.8) is 0 Å². The fraction of sp³-hybridized carbons (Fsp3) is 0.556. The molecule has 8 heteroatoms. The Morgan fingerprint density at radius 3 is 2.82 bits per heavy atom. The zero-order valence-corrected chi connectivity index (χ0v) is 8.76. The van der Waals surface area contributed by atoms with Gasteiger partial charge in [0.2, 0.25) is 5.96 Å². The Morgan fingerprint density at radius 2 is 2.29 bits per heavy atom. The predicted octanol–water partition coefficient (Wildman–Crippen LogP) is -2.44. The molecule has 2 heterocycles. The van der Waals surface area contributed by atoms with E-state index in [2.05, 4.69) is 16.6 Å². The van der Waals surface area contributed by atoms with E-state index < -0.39 is 31.1 Å². The van der Waals surface area contributed by atoms with Gasteiger partial charge < -0.3 is 25.8 Å². The highest BCUT2D eigenvalue weighted by molar-refractivity contribution is 5.89. The highest BCUT2D eigenvalue weighted by Gasteiger charge is 2.45. The average Bonchev–Trinajstić information content (AvgIpc) is 2.56. The molecule has 0 bridgehead atoms. The van der Waals surface area contributed by atoms with Crippen LogP contribution in [-0.2, 0) is 4.74 Å². The molecule has 1 fully saturated rings. The second kappa shape index (κ2) is 4.41. The van der Waals surface area contributed by atoms with Gasteiger partial charge in [-0.25, -0.2) is 4.99 Å². The molecular weight excluding hydrogens is 228 g/mol. The van der Waals surface area contributed by atoms with Gasteiger partial charge in [0.15, 0.2) is 6.23 Å². The third kappa shape index (κ3) is 2.03. The van der Waals surface area contributed by atoms with Crippen LogP contribution in [0.25, 0.3) is 0 Å². The van der Waals surface area contributed by atoms with Crippen molar-refractivity contribution in [3.8, 4) is 0 Å². The first kappa shape index (κ1) is 9.54. The van der Waals surface area contributed by atoms with Crippen LogP contribution in [0.2, 0.25) is 0 Å². The van der Waals surface area contributed by atoms with Gasteiger partial charge in [0.1, 0.15) is 30.5 Å². The third-order valence-corrected chi connectivity index (χ3v) is 2.50. The van der Waals surface area contributed by atoms with Gasteiger partial charge in [0.05, 0.1) is 9.30 Å². The molecule has 2 aliphatic heterocycles. The van der Waals surface area contributed by atoms with Crippen LogP contribution in [0.4, 0.5) is 0 Å². The molecule has 4 atom stereocenters. The standard InChI is InChI=1S/C9H14N4O4/c1-4-12-9(10)11-3-13(4)8-7(16)6(15)5(2-14)17-8/h3,5-8,14-16H,1-2H2,(H2,10,12)/t5-,6?,7+,8-/m1/s1/i2D2. The molecule has 1 saturated heterocycles. The maximum absolute atomic E-state index is 9.85. The van der Waals surface area contributed by atoms with Crippen molar-refractivity contribution in [1.82, 2.24) is 4.90 Å². The summed E-state index contributed by atoms with van der Waals surface area (Å²) < 4.78 is 19.4. The van der Waals surface area contributed by atoms with E-state index >= 15 is 0 Å². The van der Waals surface area contributed by atoms with Crippen LogP contribution in [0.1, 0.15) is 2.74 Å². The summed E-state index contributed by atoms with van der Waals surface area (Å²) >= 11 is 0. The molecule has 0 aromatic carbocycles. The van der Waals surface area contributed by atoms with Crippen LogP contribution in [-0.4, -0.2) is 63.6 Å². The van der Waals surface area contributed by atoms with Crippen molar-refractivity contribution >= 4 is 12.3 Å². The van der Waals surface area contributed by atoms with Gasteiger partial charge >= 0.3 is 0 Å². The molecule has 0 amide bonds. The molecule has 0 aliphatic carbocycles. The van der Waals surface area contributed by atoms with E-state index in [1.807, 2.05) is 0 Å². The van der Waals surface area contributed by atoms with Crippen molar-refractivity contribution in [3.05, 3.63) is 12.4 Å². The molecule has 2 aliphatic rings. The Balaban J connectivity index is 2.19. The fourth-order valence-electron chi connectivity index (χ4n) is 1.62. The Morgan fingerprint density at radius 1 is 1.59 bits per heavy atom. The lowest BCUT2D eigenvalue weighted by Gasteiger charge is -2.29. The van der Waals surface area contributed by atoms with Gasteiger partial charge in [0.25, 0.3) is 0 Å². The van der Waals surface area contributed by atoms with E-state index in [4.69, 9.17) is 13.2 Å². The number of aliphatic imine (C=N–C) groups is 2. The van der Waals surface area contributed by atoms with Crippen LogP contribution >= 0.6 is 0 Å². The molecule has 0 spiro atoms. The second-order valence-corrected chi connectivity index (χ2v) is 3.60.